The smallest absolute Gasteiger partial charge is 0.234 e. The van der Waals surface area contributed by atoms with Crippen molar-refractivity contribution in [3.05, 3.63) is 46.1 Å². The summed E-state index contributed by atoms with van der Waals surface area (Å²) in [5.41, 5.74) is 2.27. The van der Waals surface area contributed by atoms with Gasteiger partial charge in [-0.25, -0.2) is 0 Å². The van der Waals surface area contributed by atoms with Gasteiger partial charge in [-0.05, 0) is 36.0 Å². The standard InChI is InChI=1S/C22H24ClN3O2S2/c1-4-9-29-21-25-24-20(30-21)26-16-11-22(2,3)12-17(27)19(16)15(10-18(26)28)13-5-7-14(23)8-6-13/h5-8,15H,4,9-12H2,1-3H3/t15-/m0/s1. The molecule has 0 saturated carbocycles. The lowest BCUT2D eigenvalue weighted by molar-refractivity contribution is -0.121. The van der Waals surface area contributed by atoms with Crippen molar-refractivity contribution in [3.63, 3.8) is 0 Å². The van der Waals surface area contributed by atoms with Crippen LogP contribution < -0.4 is 4.90 Å². The summed E-state index contributed by atoms with van der Waals surface area (Å²) in [5, 5.41) is 9.76. The Kier molecular flexibility index (Phi) is 6.06. The third-order valence-electron chi connectivity index (χ3n) is 5.43. The summed E-state index contributed by atoms with van der Waals surface area (Å²) in [7, 11) is 0. The summed E-state index contributed by atoms with van der Waals surface area (Å²) >= 11 is 9.12. The van der Waals surface area contributed by atoms with E-state index in [9.17, 15) is 9.59 Å². The van der Waals surface area contributed by atoms with Crippen LogP contribution in [0.2, 0.25) is 5.02 Å². The van der Waals surface area contributed by atoms with E-state index in [2.05, 4.69) is 31.0 Å². The number of aromatic nitrogens is 2. The average molecular weight is 462 g/mol. The van der Waals surface area contributed by atoms with E-state index in [0.717, 1.165) is 33.3 Å². The molecule has 30 heavy (non-hydrogen) atoms. The number of allylic oxidation sites excluding steroid dienone is 2. The van der Waals surface area contributed by atoms with Crippen molar-refractivity contribution in [2.75, 3.05) is 10.7 Å². The van der Waals surface area contributed by atoms with Crippen LogP contribution in [0.1, 0.15) is 57.9 Å². The van der Waals surface area contributed by atoms with Gasteiger partial charge >= 0.3 is 0 Å². The zero-order valence-electron chi connectivity index (χ0n) is 17.3. The third kappa shape index (κ3) is 4.20. The fourth-order valence-corrected chi connectivity index (χ4v) is 6.09. The first kappa shape index (κ1) is 21.5. The van der Waals surface area contributed by atoms with Crippen LogP contribution in [0.3, 0.4) is 0 Å². The SMILES string of the molecule is CCCSc1nnc(N2C(=O)C[C@@H](c3ccc(Cl)cc3)C3=C2CC(C)(C)CC3=O)s1. The minimum absolute atomic E-state index is 0.0395. The number of thioether (sulfide) groups is 1. The molecule has 2 aromatic rings. The summed E-state index contributed by atoms with van der Waals surface area (Å²) in [6.07, 6.45) is 2.42. The monoisotopic (exact) mass is 461 g/mol. The second-order valence-corrected chi connectivity index (χ2v) is 11.3. The zero-order valence-corrected chi connectivity index (χ0v) is 19.7. The van der Waals surface area contributed by atoms with Gasteiger partial charge in [-0.2, -0.15) is 0 Å². The Balaban J connectivity index is 1.80. The number of nitrogens with zero attached hydrogens (tertiary/aromatic N) is 3. The van der Waals surface area contributed by atoms with Crippen LogP contribution in [0, 0.1) is 5.41 Å². The molecule has 158 valence electrons. The van der Waals surface area contributed by atoms with Gasteiger partial charge in [0, 0.05) is 40.8 Å². The molecule has 0 unspecified atom stereocenters. The molecule has 1 amide bonds. The minimum Gasteiger partial charge on any atom is -0.294 e. The molecule has 0 fully saturated rings. The first-order valence-electron chi connectivity index (χ1n) is 10.1. The number of ketones is 1. The van der Waals surface area contributed by atoms with Crippen LogP contribution in [0.25, 0.3) is 0 Å². The van der Waals surface area contributed by atoms with Gasteiger partial charge in [0.15, 0.2) is 10.1 Å². The van der Waals surface area contributed by atoms with Crippen molar-refractivity contribution in [2.24, 2.45) is 5.41 Å². The highest BCUT2D eigenvalue weighted by Gasteiger charge is 2.45. The topological polar surface area (TPSA) is 63.2 Å². The summed E-state index contributed by atoms with van der Waals surface area (Å²) in [6, 6.07) is 7.45. The Bertz CT molecular complexity index is 1010. The molecule has 1 aliphatic carbocycles. The van der Waals surface area contributed by atoms with Gasteiger partial charge in [0.1, 0.15) is 0 Å². The Morgan fingerprint density at radius 1 is 1.20 bits per heavy atom. The summed E-state index contributed by atoms with van der Waals surface area (Å²) in [4.78, 5) is 28.3. The van der Waals surface area contributed by atoms with Gasteiger partial charge in [-0.15, -0.1) is 10.2 Å². The van der Waals surface area contributed by atoms with E-state index in [1.807, 2.05) is 24.3 Å². The van der Waals surface area contributed by atoms with Crippen molar-refractivity contribution >= 4 is 51.5 Å². The molecule has 1 atom stereocenters. The Hall–Kier alpha value is -1.70. The average Bonchev–Trinajstić information content (AvgIpc) is 3.13. The normalized spacial score (nSPS) is 21.2. The lowest BCUT2D eigenvalue weighted by Gasteiger charge is -2.41. The number of benzene rings is 1. The molecule has 0 radical (unpaired) electrons. The maximum absolute atomic E-state index is 13.3. The summed E-state index contributed by atoms with van der Waals surface area (Å²) in [5.74, 6) is 0.790. The zero-order chi connectivity index (χ0) is 21.5. The molecular formula is C22H24ClN3O2S2. The molecule has 0 saturated heterocycles. The molecule has 2 aliphatic rings. The lowest BCUT2D eigenvalue weighted by Crippen LogP contribution is -2.43. The molecule has 1 aromatic carbocycles. The fourth-order valence-electron chi connectivity index (χ4n) is 4.16. The lowest BCUT2D eigenvalue weighted by atomic mass is 9.69. The number of hydrogen-bond acceptors (Lipinski definition) is 6. The molecule has 5 nitrogen and oxygen atoms in total. The number of carbonyl (C=O) groups is 2. The van der Waals surface area contributed by atoms with Crippen molar-refractivity contribution < 1.29 is 9.59 Å². The van der Waals surface area contributed by atoms with E-state index < -0.39 is 0 Å². The van der Waals surface area contributed by atoms with Gasteiger partial charge < -0.3 is 0 Å². The second kappa shape index (κ2) is 8.44. The van der Waals surface area contributed by atoms with E-state index in [0.29, 0.717) is 23.0 Å². The minimum atomic E-state index is -0.244. The second-order valence-electron chi connectivity index (χ2n) is 8.54. The van der Waals surface area contributed by atoms with E-state index in [1.165, 1.54) is 11.3 Å². The van der Waals surface area contributed by atoms with Gasteiger partial charge in [0.2, 0.25) is 11.0 Å². The number of anilines is 1. The number of halogens is 1. The quantitative estimate of drug-likeness (QED) is 0.412. The van der Waals surface area contributed by atoms with E-state index in [4.69, 9.17) is 11.6 Å². The maximum atomic E-state index is 13.3. The summed E-state index contributed by atoms with van der Waals surface area (Å²) < 4.78 is 0.850. The van der Waals surface area contributed by atoms with Crippen molar-refractivity contribution in [2.45, 2.75) is 56.7 Å². The van der Waals surface area contributed by atoms with Gasteiger partial charge in [0.05, 0.1) is 0 Å². The highest BCUT2D eigenvalue weighted by molar-refractivity contribution is 8.01. The number of amides is 1. The number of Topliss-reactive ketones (excluding diaryl/α,β-unsaturated/α-hetero) is 1. The van der Waals surface area contributed by atoms with Crippen LogP contribution in [-0.2, 0) is 9.59 Å². The predicted octanol–water partition coefficient (Wildman–Crippen LogP) is 5.86. The van der Waals surface area contributed by atoms with E-state index in [-0.39, 0.29) is 29.4 Å². The summed E-state index contributed by atoms with van der Waals surface area (Å²) in [6.45, 7) is 6.27. The first-order chi connectivity index (χ1) is 14.3. The van der Waals surface area contributed by atoms with Crippen LogP contribution in [-0.4, -0.2) is 27.6 Å². The van der Waals surface area contributed by atoms with Crippen LogP contribution >= 0.6 is 34.7 Å². The van der Waals surface area contributed by atoms with Crippen molar-refractivity contribution in [3.8, 4) is 0 Å². The molecule has 0 spiro atoms. The highest BCUT2D eigenvalue weighted by atomic mass is 35.5. The third-order valence-corrected chi connectivity index (χ3v) is 7.93. The molecule has 1 aliphatic heterocycles. The van der Waals surface area contributed by atoms with Gasteiger partial charge in [0.25, 0.3) is 0 Å². The van der Waals surface area contributed by atoms with E-state index >= 15 is 0 Å². The van der Waals surface area contributed by atoms with Crippen molar-refractivity contribution in [1.29, 1.82) is 0 Å². The number of rotatable bonds is 5. The van der Waals surface area contributed by atoms with Crippen LogP contribution in [0.5, 0.6) is 0 Å². The number of carbonyl (C=O) groups excluding carboxylic acids is 2. The Morgan fingerprint density at radius 2 is 1.93 bits per heavy atom. The molecule has 8 heteroatoms. The van der Waals surface area contributed by atoms with Gasteiger partial charge in [-0.1, -0.05) is 67.6 Å². The molecular weight excluding hydrogens is 438 g/mol. The Morgan fingerprint density at radius 3 is 2.63 bits per heavy atom. The molecule has 2 heterocycles. The van der Waals surface area contributed by atoms with Gasteiger partial charge in [-0.3, -0.25) is 14.5 Å². The first-order valence-corrected chi connectivity index (χ1v) is 12.3. The molecule has 4 rings (SSSR count). The van der Waals surface area contributed by atoms with Crippen molar-refractivity contribution in [1.82, 2.24) is 10.2 Å². The highest BCUT2D eigenvalue weighted by Crippen LogP contribution is 2.48. The molecule has 1 aromatic heterocycles. The largest absolute Gasteiger partial charge is 0.294 e. The van der Waals surface area contributed by atoms with Crippen LogP contribution in [0.15, 0.2) is 39.9 Å². The number of hydrogen-bond donors (Lipinski definition) is 0. The molecule has 0 N–H and O–H groups in total. The van der Waals surface area contributed by atoms with E-state index in [1.54, 1.807) is 16.7 Å². The van der Waals surface area contributed by atoms with Crippen LogP contribution in [0.4, 0.5) is 5.13 Å². The molecule has 0 bridgehead atoms. The fraction of sp³-hybridized carbons (Fsp3) is 0.455. The predicted molar refractivity (Wildman–Crippen MR) is 122 cm³/mol. The maximum Gasteiger partial charge on any atom is 0.234 e. The Labute approximate surface area is 189 Å².